The monoisotopic (exact) mass is 280 g/mol. The average molecular weight is 280 g/mol. The number of halogens is 6. The van der Waals surface area contributed by atoms with E-state index in [4.69, 9.17) is 0 Å². The number of carbonyl (C=O) groups excluding carboxylic acids is 2. The molecule has 1 fully saturated rings. The molecule has 0 amide bonds. The van der Waals surface area contributed by atoms with Crippen molar-refractivity contribution in [1.29, 1.82) is 0 Å². The first-order chi connectivity index (χ1) is 7.90. The minimum Gasteiger partial charge on any atom is -0.414 e. The van der Waals surface area contributed by atoms with E-state index in [1.807, 2.05) is 0 Å². The molecular formula is C8H6F6O4. The molecule has 1 heterocycles. The molecule has 0 aliphatic carbocycles. The Hall–Kier alpha value is -1.32. The summed E-state index contributed by atoms with van der Waals surface area (Å²) >= 11 is 0. The molecule has 1 unspecified atom stereocenters. The molecule has 1 rings (SSSR count). The van der Waals surface area contributed by atoms with E-state index < -0.39 is 36.1 Å². The first-order valence-electron chi connectivity index (χ1n) is 4.40. The van der Waals surface area contributed by atoms with Crippen LogP contribution in [0.3, 0.4) is 0 Å². The van der Waals surface area contributed by atoms with Crippen LogP contribution in [0.2, 0.25) is 0 Å². The van der Waals surface area contributed by atoms with E-state index in [-0.39, 0.29) is 6.29 Å². The number of aldehydes is 1. The third kappa shape index (κ3) is 1.93. The van der Waals surface area contributed by atoms with Gasteiger partial charge in [0.2, 0.25) is 0 Å². The lowest BCUT2D eigenvalue weighted by Crippen LogP contribution is -2.58. The molecular weight excluding hydrogens is 274 g/mol. The van der Waals surface area contributed by atoms with E-state index in [0.29, 0.717) is 6.92 Å². The highest BCUT2D eigenvalue weighted by Gasteiger charge is 2.82. The Bertz CT molecular complexity index is 359. The Morgan fingerprint density at radius 1 is 1.17 bits per heavy atom. The number of ether oxygens (including phenoxy) is 2. The van der Waals surface area contributed by atoms with Gasteiger partial charge in [0.05, 0.1) is 0 Å². The fourth-order valence-corrected chi connectivity index (χ4v) is 1.29. The summed E-state index contributed by atoms with van der Waals surface area (Å²) in [5.41, 5.74) is -2.62. The quantitative estimate of drug-likeness (QED) is 0.439. The molecule has 0 bridgehead atoms. The SMILES string of the molecule is CC1(CC=O)OC(C(F)(F)F)(C(F)(F)F)OC1=O. The number of cyclic esters (lactones) is 1. The Morgan fingerprint density at radius 2 is 1.61 bits per heavy atom. The van der Waals surface area contributed by atoms with Gasteiger partial charge in [0.1, 0.15) is 6.29 Å². The van der Waals surface area contributed by atoms with Gasteiger partial charge in [-0.15, -0.1) is 0 Å². The van der Waals surface area contributed by atoms with Gasteiger partial charge in [-0.05, 0) is 6.92 Å². The molecule has 4 nitrogen and oxygen atoms in total. The second-order valence-corrected chi connectivity index (χ2v) is 3.71. The standard InChI is InChI=1S/C8H6F6O4/c1-5(2-3-15)4(16)17-6(18-5,7(9,10)11)8(12,13)14/h3H,2H2,1H3. The summed E-state index contributed by atoms with van der Waals surface area (Å²) in [6.45, 7) is 0.614. The maximum absolute atomic E-state index is 12.5. The van der Waals surface area contributed by atoms with Crippen molar-refractivity contribution in [3.8, 4) is 0 Å². The summed E-state index contributed by atoms with van der Waals surface area (Å²) in [5.74, 6) is -6.93. The summed E-state index contributed by atoms with van der Waals surface area (Å²) < 4.78 is 81.9. The number of alkyl halides is 6. The van der Waals surface area contributed by atoms with E-state index in [1.165, 1.54) is 0 Å². The van der Waals surface area contributed by atoms with Crippen LogP contribution in [0.4, 0.5) is 26.3 Å². The summed E-state index contributed by atoms with van der Waals surface area (Å²) in [7, 11) is 0. The molecule has 0 radical (unpaired) electrons. The maximum atomic E-state index is 12.5. The van der Waals surface area contributed by atoms with Crippen molar-refractivity contribution in [3.63, 3.8) is 0 Å². The van der Waals surface area contributed by atoms with E-state index in [1.54, 1.807) is 0 Å². The fraction of sp³-hybridized carbons (Fsp3) is 0.750. The number of esters is 1. The Labute approximate surface area is 95.8 Å². The van der Waals surface area contributed by atoms with Crippen LogP contribution in [0.25, 0.3) is 0 Å². The molecule has 0 aromatic rings. The topological polar surface area (TPSA) is 52.6 Å². The Kier molecular flexibility index (Phi) is 3.14. The second kappa shape index (κ2) is 3.84. The molecule has 1 atom stereocenters. The van der Waals surface area contributed by atoms with Crippen molar-refractivity contribution in [2.24, 2.45) is 0 Å². The van der Waals surface area contributed by atoms with Gasteiger partial charge >= 0.3 is 24.1 Å². The highest BCUT2D eigenvalue weighted by molar-refractivity contribution is 5.84. The van der Waals surface area contributed by atoms with Gasteiger partial charge in [0, 0.05) is 6.42 Å². The van der Waals surface area contributed by atoms with Crippen molar-refractivity contribution in [2.45, 2.75) is 37.1 Å². The maximum Gasteiger partial charge on any atom is 0.465 e. The summed E-state index contributed by atoms with van der Waals surface area (Å²) in [6, 6.07) is 0. The van der Waals surface area contributed by atoms with E-state index in [0.717, 1.165) is 0 Å². The van der Waals surface area contributed by atoms with Crippen molar-refractivity contribution in [3.05, 3.63) is 0 Å². The van der Waals surface area contributed by atoms with E-state index in [2.05, 4.69) is 9.47 Å². The Balaban J connectivity index is 3.28. The first kappa shape index (κ1) is 14.7. The molecule has 18 heavy (non-hydrogen) atoms. The zero-order valence-corrected chi connectivity index (χ0v) is 8.69. The minimum atomic E-state index is -6.01. The van der Waals surface area contributed by atoms with Gasteiger partial charge in [0.15, 0.2) is 5.60 Å². The minimum absolute atomic E-state index is 0.0376. The molecule has 0 aromatic heterocycles. The van der Waals surface area contributed by atoms with Crippen LogP contribution in [-0.4, -0.2) is 36.0 Å². The third-order valence-corrected chi connectivity index (χ3v) is 2.26. The predicted octanol–water partition coefficient (Wildman–Crippen LogP) is 1.73. The van der Waals surface area contributed by atoms with Gasteiger partial charge in [-0.3, -0.25) is 0 Å². The highest BCUT2D eigenvalue weighted by Crippen LogP contribution is 2.53. The zero-order valence-electron chi connectivity index (χ0n) is 8.69. The van der Waals surface area contributed by atoms with Crippen LogP contribution in [-0.2, 0) is 19.1 Å². The molecule has 1 aliphatic heterocycles. The van der Waals surface area contributed by atoms with Crippen molar-refractivity contribution < 1.29 is 45.4 Å². The highest BCUT2D eigenvalue weighted by atomic mass is 19.4. The normalized spacial score (nSPS) is 28.1. The van der Waals surface area contributed by atoms with Gasteiger partial charge in [-0.25, -0.2) is 4.79 Å². The Morgan fingerprint density at radius 3 is 1.89 bits per heavy atom. The van der Waals surface area contributed by atoms with Crippen LogP contribution < -0.4 is 0 Å². The van der Waals surface area contributed by atoms with Crippen LogP contribution in [0.1, 0.15) is 13.3 Å². The molecule has 1 saturated heterocycles. The lowest BCUT2D eigenvalue weighted by molar-refractivity contribution is -0.444. The smallest absolute Gasteiger partial charge is 0.414 e. The lowest BCUT2D eigenvalue weighted by atomic mass is 10.0. The van der Waals surface area contributed by atoms with Crippen LogP contribution >= 0.6 is 0 Å². The van der Waals surface area contributed by atoms with Gasteiger partial charge in [-0.1, -0.05) is 0 Å². The van der Waals surface area contributed by atoms with Crippen LogP contribution in [0, 0.1) is 0 Å². The number of carbonyl (C=O) groups is 2. The van der Waals surface area contributed by atoms with Gasteiger partial charge in [0.25, 0.3) is 0 Å². The molecule has 10 heteroatoms. The molecule has 1 aliphatic rings. The fourth-order valence-electron chi connectivity index (χ4n) is 1.29. The van der Waals surface area contributed by atoms with Crippen molar-refractivity contribution >= 4 is 12.3 Å². The molecule has 0 N–H and O–H groups in total. The largest absolute Gasteiger partial charge is 0.465 e. The number of rotatable bonds is 2. The molecule has 0 saturated carbocycles. The summed E-state index contributed by atoms with van der Waals surface area (Å²) in [6.07, 6.45) is -13.0. The molecule has 0 spiro atoms. The van der Waals surface area contributed by atoms with E-state index >= 15 is 0 Å². The summed E-state index contributed by atoms with van der Waals surface area (Å²) in [5, 5.41) is 0. The third-order valence-electron chi connectivity index (χ3n) is 2.26. The van der Waals surface area contributed by atoms with Crippen molar-refractivity contribution in [2.75, 3.05) is 0 Å². The van der Waals surface area contributed by atoms with E-state index in [9.17, 15) is 35.9 Å². The van der Waals surface area contributed by atoms with Crippen molar-refractivity contribution in [1.82, 2.24) is 0 Å². The lowest BCUT2D eigenvalue weighted by Gasteiger charge is -2.31. The first-order valence-corrected chi connectivity index (χ1v) is 4.40. The van der Waals surface area contributed by atoms with Gasteiger partial charge < -0.3 is 14.3 Å². The van der Waals surface area contributed by atoms with Gasteiger partial charge in [-0.2, -0.15) is 26.3 Å². The summed E-state index contributed by atoms with van der Waals surface area (Å²) in [4.78, 5) is 21.3. The number of hydrogen-bond acceptors (Lipinski definition) is 4. The number of hydrogen-bond donors (Lipinski definition) is 0. The average Bonchev–Trinajstić information content (AvgIpc) is 2.39. The van der Waals surface area contributed by atoms with Crippen LogP contribution in [0.15, 0.2) is 0 Å². The molecule has 0 aromatic carbocycles. The second-order valence-electron chi connectivity index (χ2n) is 3.71. The predicted molar refractivity (Wildman–Crippen MR) is 41.1 cm³/mol. The molecule has 104 valence electrons. The van der Waals surface area contributed by atoms with Crippen LogP contribution in [0.5, 0.6) is 0 Å². The zero-order chi connectivity index (χ0) is 14.4.